The number of nitrogens with zero attached hydrogens (tertiary/aromatic N) is 2. The van der Waals surface area contributed by atoms with Gasteiger partial charge >= 0.3 is 12.3 Å². The van der Waals surface area contributed by atoms with E-state index in [-0.39, 0.29) is 35.3 Å². The molecule has 3 aromatic rings. The molecule has 1 aromatic heterocycles. The van der Waals surface area contributed by atoms with Gasteiger partial charge in [0.1, 0.15) is 5.82 Å². The van der Waals surface area contributed by atoms with Crippen LogP contribution < -0.4 is 10.2 Å². The lowest BCUT2D eigenvalue weighted by Crippen LogP contribution is -2.47. The first-order valence-corrected chi connectivity index (χ1v) is 16.5. The van der Waals surface area contributed by atoms with Crippen molar-refractivity contribution in [3.8, 4) is 0 Å². The number of hydrogen-bond acceptors (Lipinski definition) is 7. The lowest BCUT2D eigenvalue weighted by atomic mass is 9.87. The van der Waals surface area contributed by atoms with Crippen LogP contribution in [0, 0.1) is 0 Å². The second-order valence-corrected chi connectivity index (χ2v) is 13.4. The number of aliphatic hydroxyl groups excluding tert-OH is 1. The molecule has 4 rings (SSSR count). The number of nitrogens with one attached hydrogen (secondary N) is 1. The molecule has 14 heteroatoms. The average Bonchev–Trinajstić information content (AvgIpc) is 3.06. The highest BCUT2D eigenvalue weighted by molar-refractivity contribution is 7.91. The maximum Gasteiger partial charge on any atom is 0.416 e. The van der Waals surface area contributed by atoms with Gasteiger partial charge in [0.25, 0.3) is 5.91 Å². The fourth-order valence-electron chi connectivity index (χ4n) is 5.26. The van der Waals surface area contributed by atoms with Crippen molar-refractivity contribution in [3.63, 3.8) is 0 Å². The van der Waals surface area contributed by atoms with Crippen LogP contribution in [0.25, 0.3) is 0 Å². The van der Waals surface area contributed by atoms with Crippen molar-refractivity contribution in [2.24, 2.45) is 0 Å². The molecule has 0 bridgehead atoms. The maximum atomic E-state index is 14.0. The molecule has 8 nitrogen and oxygen atoms in total. The van der Waals surface area contributed by atoms with Gasteiger partial charge in [-0.25, -0.2) is 13.4 Å². The van der Waals surface area contributed by atoms with E-state index in [1.807, 2.05) is 0 Å². The fourth-order valence-corrected chi connectivity index (χ4v) is 6.14. The molecular formula is C32H36F5N3O5S. The number of sulfone groups is 1. The average molecular weight is 670 g/mol. The molecule has 250 valence electrons. The summed E-state index contributed by atoms with van der Waals surface area (Å²) in [4.78, 5) is 19.3. The van der Waals surface area contributed by atoms with E-state index in [4.69, 9.17) is 4.74 Å². The van der Waals surface area contributed by atoms with Crippen molar-refractivity contribution in [1.29, 1.82) is 0 Å². The molecule has 46 heavy (non-hydrogen) atoms. The number of halogens is 5. The Morgan fingerprint density at radius 3 is 2.24 bits per heavy atom. The fraction of sp³-hybridized carbons (Fsp3) is 0.438. The van der Waals surface area contributed by atoms with Gasteiger partial charge in [-0.2, -0.15) is 22.0 Å². The predicted octanol–water partition coefficient (Wildman–Crippen LogP) is 6.13. The normalized spacial score (nSPS) is 18.3. The minimum atomic E-state index is -4.47. The van der Waals surface area contributed by atoms with Gasteiger partial charge in [0.05, 0.1) is 47.1 Å². The topological polar surface area (TPSA) is 109 Å². The molecule has 0 aliphatic carbocycles. The summed E-state index contributed by atoms with van der Waals surface area (Å²) in [6, 6.07) is 12.4. The number of alkyl halides is 5. The smallest absolute Gasteiger partial charge is 0.394 e. The van der Waals surface area contributed by atoms with Gasteiger partial charge in [-0.05, 0) is 60.4 Å². The van der Waals surface area contributed by atoms with E-state index in [1.165, 1.54) is 62.5 Å². The van der Waals surface area contributed by atoms with Crippen LogP contribution in [0.2, 0.25) is 0 Å². The monoisotopic (exact) mass is 669 g/mol. The Morgan fingerprint density at radius 1 is 1.02 bits per heavy atom. The Morgan fingerprint density at radius 2 is 1.70 bits per heavy atom. The van der Waals surface area contributed by atoms with Crippen LogP contribution in [-0.2, 0) is 20.8 Å². The third-order valence-electron chi connectivity index (χ3n) is 8.13. The second kappa shape index (κ2) is 14.4. The number of amides is 1. The highest BCUT2D eigenvalue weighted by atomic mass is 32.2. The van der Waals surface area contributed by atoms with Gasteiger partial charge in [-0.3, -0.25) is 4.79 Å². The van der Waals surface area contributed by atoms with E-state index in [0.29, 0.717) is 29.8 Å². The summed E-state index contributed by atoms with van der Waals surface area (Å²) in [7, 11) is -3.42. The Balaban J connectivity index is 1.51. The van der Waals surface area contributed by atoms with Crippen LogP contribution in [-0.4, -0.2) is 62.1 Å². The maximum absolute atomic E-state index is 14.0. The van der Waals surface area contributed by atoms with Gasteiger partial charge in [0.15, 0.2) is 9.84 Å². The van der Waals surface area contributed by atoms with E-state index in [0.717, 1.165) is 12.1 Å². The Kier molecular flexibility index (Phi) is 11.1. The van der Waals surface area contributed by atoms with Gasteiger partial charge in [-0.1, -0.05) is 38.1 Å². The molecular weight excluding hydrogens is 633 g/mol. The number of aliphatic hydroxyl groups is 1. The quantitative estimate of drug-likeness (QED) is 0.224. The third-order valence-corrected chi connectivity index (χ3v) is 9.88. The summed E-state index contributed by atoms with van der Waals surface area (Å²) in [5, 5.41) is 12.6. The zero-order valence-corrected chi connectivity index (χ0v) is 26.1. The molecule has 3 atom stereocenters. The lowest BCUT2D eigenvalue weighted by molar-refractivity contribution is -0.241. The van der Waals surface area contributed by atoms with Crippen molar-refractivity contribution in [1.82, 2.24) is 10.3 Å². The molecule has 1 aliphatic heterocycles. The van der Waals surface area contributed by atoms with E-state index < -0.39 is 58.7 Å². The Labute approximate surface area is 264 Å². The predicted molar refractivity (Wildman–Crippen MR) is 161 cm³/mol. The standard InChI is InChI=1S/C32H36F5N3O5S/c1-3-31(33,34)45-20-26-13-7-24(21-5-11-25(12-6-21)32(35,36)37)18-40(26)29-16-10-23(17-38-29)30(42)39-28(19-41)22-8-14-27(15-9-22)46(43,44)4-2/h5-6,8-12,14-17,24,26,28,41H,3-4,7,13,18-20H2,1-2H3,(H,39,42)/t24?,26-,28-/m0/s1. The SMILES string of the molecule is CCC(F)(F)OC[C@@H]1CCC(c2ccc(C(F)(F)F)cc2)CN1c1ccc(C(=O)N[C@@H](CO)c2ccc(S(=O)(=O)CC)cc2)cn1. The molecule has 1 aliphatic rings. The number of carbonyl (C=O) groups excluding carboxylic acids is 1. The molecule has 1 amide bonds. The number of aromatic nitrogens is 1. The summed E-state index contributed by atoms with van der Waals surface area (Å²) in [5.74, 6) is -0.471. The van der Waals surface area contributed by atoms with Crippen molar-refractivity contribution < 1.29 is 45.0 Å². The van der Waals surface area contributed by atoms with Crippen molar-refractivity contribution in [3.05, 3.63) is 89.1 Å². The van der Waals surface area contributed by atoms with Crippen LogP contribution in [0.5, 0.6) is 0 Å². The number of anilines is 1. The minimum absolute atomic E-state index is 0.0678. The van der Waals surface area contributed by atoms with E-state index in [9.17, 15) is 40.3 Å². The number of carbonyl (C=O) groups is 1. The van der Waals surface area contributed by atoms with Gasteiger partial charge in [0.2, 0.25) is 0 Å². The molecule has 2 aromatic carbocycles. The van der Waals surface area contributed by atoms with Crippen LogP contribution in [0.3, 0.4) is 0 Å². The lowest BCUT2D eigenvalue weighted by Gasteiger charge is -2.41. The molecule has 1 fully saturated rings. The molecule has 0 spiro atoms. The number of rotatable bonds is 12. The van der Waals surface area contributed by atoms with Crippen molar-refractivity contribution >= 4 is 21.6 Å². The zero-order chi connectivity index (χ0) is 33.7. The summed E-state index contributed by atoms with van der Waals surface area (Å²) >= 11 is 0. The van der Waals surface area contributed by atoms with Gasteiger partial charge in [-0.15, -0.1) is 0 Å². The summed E-state index contributed by atoms with van der Waals surface area (Å²) < 4.78 is 96.3. The highest BCUT2D eigenvalue weighted by Gasteiger charge is 2.35. The highest BCUT2D eigenvalue weighted by Crippen LogP contribution is 2.36. The minimum Gasteiger partial charge on any atom is -0.394 e. The van der Waals surface area contributed by atoms with Crippen molar-refractivity contribution in [2.75, 3.05) is 30.4 Å². The number of hydrogen-bond donors (Lipinski definition) is 2. The van der Waals surface area contributed by atoms with Gasteiger partial charge < -0.3 is 20.1 Å². The Bertz CT molecular complexity index is 1570. The van der Waals surface area contributed by atoms with Gasteiger partial charge in [0, 0.05) is 25.1 Å². The number of pyridine rings is 1. The summed E-state index contributed by atoms with van der Waals surface area (Å²) in [5.41, 5.74) is 0.541. The second-order valence-electron chi connectivity index (χ2n) is 11.1. The van der Waals surface area contributed by atoms with Crippen LogP contribution in [0.1, 0.15) is 72.1 Å². The summed E-state index contributed by atoms with van der Waals surface area (Å²) in [6.07, 6.45) is -6.06. The van der Waals surface area contributed by atoms with E-state index >= 15 is 0 Å². The first-order valence-electron chi connectivity index (χ1n) is 14.8. The van der Waals surface area contributed by atoms with Crippen molar-refractivity contribution in [2.45, 2.75) is 68.3 Å². The van der Waals surface area contributed by atoms with Crippen LogP contribution >= 0.6 is 0 Å². The molecule has 2 heterocycles. The third kappa shape index (κ3) is 8.59. The first-order chi connectivity index (χ1) is 21.7. The van der Waals surface area contributed by atoms with E-state index in [1.54, 1.807) is 11.0 Å². The zero-order valence-electron chi connectivity index (χ0n) is 25.3. The molecule has 2 N–H and O–H groups in total. The first kappa shape index (κ1) is 35.2. The molecule has 1 unspecified atom stereocenters. The van der Waals surface area contributed by atoms with Crippen LogP contribution in [0.15, 0.2) is 71.8 Å². The number of ether oxygens (including phenoxy) is 1. The Hall–Kier alpha value is -3.62. The van der Waals surface area contributed by atoms with E-state index in [2.05, 4.69) is 10.3 Å². The van der Waals surface area contributed by atoms with Crippen LogP contribution in [0.4, 0.5) is 27.8 Å². The number of piperidine rings is 1. The summed E-state index contributed by atoms with van der Waals surface area (Å²) in [6.45, 7) is 2.34. The molecule has 1 saturated heterocycles. The molecule has 0 saturated carbocycles. The largest absolute Gasteiger partial charge is 0.416 e. The molecule has 0 radical (unpaired) electrons. The number of benzene rings is 2.